The number of amides is 1. The third-order valence-electron chi connectivity index (χ3n) is 3.97. The minimum Gasteiger partial charge on any atom is -0.493 e. The van der Waals surface area contributed by atoms with Crippen LogP contribution in [0.2, 0.25) is 0 Å². The SMILES string of the molecule is COC(=O)c1ccccc1NC(=O)CCCOc1cccc(C)c1C. The van der Waals surface area contributed by atoms with E-state index in [-0.39, 0.29) is 5.91 Å². The summed E-state index contributed by atoms with van der Waals surface area (Å²) in [5.41, 5.74) is 3.08. The van der Waals surface area contributed by atoms with Crippen LogP contribution in [-0.4, -0.2) is 25.6 Å². The van der Waals surface area contributed by atoms with Gasteiger partial charge in [0.1, 0.15) is 5.75 Å². The Kier molecular flexibility index (Phi) is 6.57. The summed E-state index contributed by atoms with van der Waals surface area (Å²) in [5.74, 6) is 0.200. The number of hydrogen-bond donors (Lipinski definition) is 1. The fourth-order valence-electron chi connectivity index (χ4n) is 2.39. The first-order valence-electron chi connectivity index (χ1n) is 8.19. The molecule has 0 saturated heterocycles. The second-order valence-corrected chi connectivity index (χ2v) is 5.74. The second kappa shape index (κ2) is 8.87. The van der Waals surface area contributed by atoms with Crippen LogP contribution in [0.4, 0.5) is 5.69 Å². The molecule has 0 bridgehead atoms. The van der Waals surface area contributed by atoms with E-state index in [2.05, 4.69) is 5.32 Å². The number of nitrogens with one attached hydrogen (secondary N) is 1. The molecule has 0 aromatic heterocycles. The van der Waals surface area contributed by atoms with E-state index in [0.29, 0.717) is 30.7 Å². The zero-order chi connectivity index (χ0) is 18.2. The van der Waals surface area contributed by atoms with E-state index in [1.165, 1.54) is 12.7 Å². The lowest BCUT2D eigenvalue weighted by Gasteiger charge is -2.11. The summed E-state index contributed by atoms with van der Waals surface area (Å²) in [5, 5.41) is 2.75. The van der Waals surface area contributed by atoms with Gasteiger partial charge in [0.15, 0.2) is 0 Å². The molecule has 5 heteroatoms. The van der Waals surface area contributed by atoms with Crippen LogP contribution in [0.25, 0.3) is 0 Å². The molecule has 0 aliphatic heterocycles. The molecule has 2 rings (SSSR count). The fraction of sp³-hybridized carbons (Fsp3) is 0.300. The Morgan fingerprint density at radius 3 is 2.56 bits per heavy atom. The number of rotatable bonds is 7. The molecule has 1 N–H and O–H groups in total. The molecule has 0 aliphatic carbocycles. The second-order valence-electron chi connectivity index (χ2n) is 5.74. The number of benzene rings is 2. The van der Waals surface area contributed by atoms with E-state index in [4.69, 9.17) is 9.47 Å². The van der Waals surface area contributed by atoms with Crippen molar-refractivity contribution in [3.05, 3.63) is 59.2 Å². The first-order chi connectivity index (χ1) is 12.0. The summed E-state index contributed by atoms with van der Waals surface area (Å²) < 4.78 is 10.5. The van der Waals surface area contributed by atoms with Gasteiger partial charge < -0.3 is 14.8 Å². The van der Waals surface area contributed by atoms with Crippen LogP contribution in [0.15, 0.2) is 42.5 Å². The molecule has 5 nitrogen and oxygen atoms in total. The minimum absolute atomic E-state index is 0.166. The monoisotopic (exact) mass is 341 g/mol. The highest BCUT2D eigenvalue weighted by Gasteiger charge is 2.13. The smallest absolute Gasteiger partial charge is 0.339 e. The molecule has 25 heavy (non-hydrogen) atoms. The Labute approximate surface area is 148 Å². The number of para-hydroxylation sites is 1. The van der Waals surface area contributed by atoms with Gasteiger partial charge in [-0.3, -0.25) is 4.79 Å². The summed E-state index contributed by atoms with van der Waals surface area (Å²) in [6.45, 7) is 4.51. The van der Waals surface area contributed by atoms with Gasteiger partial charge in [-0.15, -0.1) is 0 Å². The lowest BCUT2D eigenvalue weighted by Crippen LogP contribution is -2.16. The molecule has 0 atom stereocenters. The minimum atomic E-state index is -0.478. The van der Waals surface area contributed by atoms with Gasteiger partial charge in [-0.1, -0.05) is 24.3 Å². The summed E-state index contributed by atoms with van der Waals surface area (Å²) in [4.78, 5) is 23.8. The molecule has 0 radical (unpaired) electrons. The molecular weight excluding hydrogens is 318 g/mol. The first kappa shape index (κ1) is 18.5. The van der Waals surface area contributed by atoms with Crippen LogP contribution in [0, 0.1) is 13.8 Å². The highest BCUT2D eigenvalue weighted by Crippen LogP contribution is 2.21. The van der Waals surface area contributed by atoms with Crippen molar-refractivity contribution < 1.29 is 19.1 Å². The number of carbonyl (C=O) groups excluding carboxylic acids is 2. The van der Waals surface area contributed by atoms with E-state index in [9.17, 15) is 9.59 Å². The van der Waals surface area contributed by atoms with Crippen molar-refractivity contribution in [1.82, 2.24) is 0 Å². The van der Waals surface area contributed by atoms with Crippen molar-refractivity contribution in [3.8, 4) is 5.75 Å². The summed E-state index contributed by atoms with van der Waals surface area (Å²) >= 11 is 0. The number of methoxy groups -OCH3 is 1. The van der Waals surface area contributed by atoms with E-state index < -0.39 is 5.97 Å². The molecule has 0 fully saturated rings. The topological polar surface area (TPSA) is 64.6 Å². The lowest BCUT2D eigenvalue weighted by atomic mass is 10.1. The van der Waals surface area contributed by atoms with E-state index in [0.717, 1.165) is 11.3 Å². The average molecular weight is 341 g/mol. The number of anilines is 1. The Morgan fingerprint density at radius 2 is 1.80 bits per heavy atom. The molecule has 0 saturated carbocycles. The molecule has 0 unspecified atom stereocenters. The van der Waals surface area contributed by atoms with Gasteiger partial charge in [0.05, 0.1) is 25.0 Å². The van der Waals surface area contributed by atoms with Crippen molar-refractivity contribution in [2.75, 3.05) is 19.0 Å². The van der Waals surface area contributed by atoms with E-state index in [1.54, 1.807) is 24.3 Å². The predicted octanol–water partition coefficient (Wildman–Crippen LogP) is 3.89. The first-order valence-corrected chi connectivity index (χ1v) is 8.19. The van der Waals surface area contributed by atoms with Gasteiger partial charge in [-0.05, 0) is 49.6 Å². The van der Waals surface area contributed by atoms with Crippen LogP contribution in [-0.2, 0) is 9.53 Å². The molecule has 2 aromatic rings. The largest absolute Gasteiger partial charge is 0.493 e. The average Bonchev–Trinajstić information content (AvgIpc) is 2.62. The van der Waals surface area contributed by atoms with Crippen LogP contribution in [0.5, 0.6) is 5.75 Å². The van der Waals surface area contributed by atoms with Crippen molar-refractivity contribution >= 4 is 17.6 Å². The summed E-state index contributed by atoms with van der Waals surface area (Å²) in [7, 11) is 1.31. The standard InChI is InChI=1S/C20H23NO4/c1-14-8-6-11-18(15(14)2)25-13-7-12-19(22)21-17-10-5-4-9-16(17)20(23)24-3/h4-6,8-11H,7,12-13H2,1-3H3,(H,21,22). The third kappa shape index (κ3) is 5.08. The summed E-state index contributed by atoms with van der Waals surface area (Å²) in [6, 6.07) is 12.7. The molecule has 0 aliphatic rings. The van der Waals surface area contributed by atoms with Gasteiger partial charge in [-0.2, -0.15) is 0 Å². The van der Waals surface area contributed by atoms with Crippen molar-refractivity contribution in [3.63, 3.8) is 0 Å². The Bertz CT molecular complexity index is 755. The van der Waals surface area contributed by atoms with Crippen LogP contribution < -0.4 is 10.1 Å². The van der Waals surface area contributed by atoms with Crippen LogP contribution in [0.1, 0.15) is 34.3 Å². The Balaban J connectivity index is 1.84. The zero-order valence-corrected chi connectivity index (χ0v) is 14.8. The number of ether oxygens (including phenoxy) is 2. The van der Waals surface area contributed by atoms with Gasteiger partial charge in [0.25, 0.3) is 0 Å². The zero-order valence-electron chi connectivity index (χ0n) is 14.8. The van der Waals surface area contributed by atoms with Gasteiger partial charge >= 0.3 is 5.97 Å². The highest BCUT2D eigenvalue weighted by molar-refractivity contribution is 6.01. The third-order valence-corrected chi connectivity index (χ3v) is 3.97. The predicted molar refractivity (Wildman–Crippen MR) is 97.1 cm³/mol. The normalized spacial score (nSPS) is 10.2. The molecule has 0 heterocycles. The van der Waals surface area contributed by atoms with Gasteiger partial charge in [0, 0.05) is 6.42 Å². The van der Waals surface area contributed by atoms with Crippen LogP contribution >= 0.6 is 0 Å². The lowest BCUT2D eigenvalue weighted by molar-refractivity contribution is -0.116. The van der Waals surface area contributed by atoms with Crippen LogP contribution in [0.3, 0.4) is 0 Å². The number of aryl methyl sites for hydroxylation is 1. The molecule has 2 aromatic carbocycles. The van der Waals surface area contributed by atoms with Gasteiger partial charge in [-0.25, -0.2) is 4.79 Å². The van der Waals surface area contributed by atoms with Crippen molar-refractivity contribution in [2.45, 2.75) is 26.7 Å². The van der Waals surface area contributed by atoms with Gasteiger partial charge in [0.2, 0.25) is 5.91 Å². The molecule has 132 valence electrons. The van der Waals surface area contributed by atoms with E-state index >= 15 is 0 Å². The Morgan fingerprint density at radius 1 is 1.04 bits per heavy atom. The number of esters is 1. The maximum Gasteiger partial charge on any atom is 0.339 e. The molecule has 1 amide bonds. The highest BCUT2D eigenvalue weighted by atomic mass is 16.5. The quantitative estimate of drug-likeness (QED) is 0.613. The van der Waals surface area contributed by atoms with Crippen molar-refractivity contribution in [1.29, 1.82) is 0 Å². The Hall–Kier alpha value is -2.82. The maximum atomic E-state index is 12.1. The summed E-state index contributed by atoms with van der Waals surface area (Å²) in [6.07, 6.45) is 0.889. The van der Waals surface area contributed by atoms with Crippen molar-refractivity contribution in [2.24, 2.45) is 0 Å². The molecule has 0 spiro atoms. The number of carbonyl (C=O) groups is 2. The fourth-order valence-corrected chi connectivity index (χ4v) is 2.39. The van der Waals surface area contributed by atoms with E-state index in [1.807, 2.05) is 32.0 Å². The molecular formula is C20H23NO4. The number of hydrogen-bond acceptors (Lipinski definition) is 4. The maximum absolute atomic E-state index is 12.1.